The average molecular weight is 176 g/mol. The summed E-state index contributed by atoms with van der Waals surface area (Å²) >= 11 is 0. The summed E-state index contributed by atoms with van der Waals surface area (Å²) < 4.78 is 1.15. The van der Waals surface area contributed by atoms with Crippen LogP contribution in [0.1, 0.15) is 5.69 Å². The minimum atomic E-state index is -0.986. The van der Waals surface area contributed by atoms with E-state index in [1.54, 1.807) is 12.3 Å². The second-order valence-electron chi connectivity index (χ2n) is 2.85. The Morgan fingerprint density at radius 1 is 1.62 bits per heavy atom. The maximum atomic E-state index is 10.7. The van der Waals surface area contributed by atoms with Crippen molar-refractivity contribution in [2.45, 2.75) is 6.92 Å². The molecule has 0 bridgehead atoms. The monoisotopic (exact) mass is 176 g/mol. The first-order valence-corrected chi connectivity index (χ1v) is 3.85. The summed E-state index contributed by atoms with van der Waals surface area (Å²) in [6.45, 7) is 1.87. The van der Waals surface area contributed by atoms with Crippen molar-refractivity contribution in [3.8, 4) is 0 Å². The first-order chi connectivity index (χ1) is 6.18. The number of carboxylic acid groups (broad SMARTS) is 1. The van der Waals surface area contributed by atoms with E-state index in [1.807, 2.05) is 13.0 Å². The number of carbonyl (C=O) groups is 1. The molecule has 2 aromatic heterocycles. The lowest BCUT2D eigenvalue weighted by atomic mass is 10.3. The molecule has 4 heteroatoms. The molecule has 0 aromatic carbocycles. The molecule has 1 N–H and O–H groups in total. The number of aryl methyl sites for hydroxylation is 1. The Labute approximate surface area is 74.4 Å². The highest BCUT2D eigenvalue weighted by Crippen LogP contribution is 2.14. The Bertz CT molecular complexity index is 473. The Kier molecular flexibility index (Phi) is 1.55. The fourth-order valence-corrected chi connectivity index (χ4v) is 1.31. The SMILES string of the molecule is Cc1cc2ccn(C(=O)O)c2cn1. The largest absolute Gasteiger partial charge is 0.464 e. The lowest BCUT2D eigenvalue weighted by molar-refractivity contribution is 0.197. The van der Waals surface area contributed by atoms with E-state index >= 15 is 0 Å². The zero-order valence-electron chi connectivity index (χ0n) is 7.06. The highest BCUT2D eigenvalue weighted by atomic mass is 16.4. The normalized spacial score (nSPS) is 10.5. The molecule has 0 aliphatic heterocycles. The van der Waals surface area contributed by atoms with Crippen LogP contribution in [-0.2, 0) is 0 Å². The van der Waals surface area contributed by atoms with Crippen LogP contribution in [0.4, 0.5) is 4.79 Å². The predicted octanol–water partition coefficient (Wildman–Crippen LogP) is 1.87. The number of hydrogen-bond acceptors (Lipinski definition) is 2. The lowest BCUT2D eigenvalue weighted by Crippen LogP contribution is -2.05. The molecule has 0 fully saturated rings. The molecule has 66 valence electrons. The van der Waals surface area contributed by atoms with E-state index in [0.29, 0.717) is 5.52 Å². The van der Waals surface area contributed by atoms with Gasteiger partial charge in [-0.1, -0.05) is 0 Å². The quantitative estimate of drug-likeness (QED) is 0.666. The third kappa shape index (κ3) is 1.16. The minimum absolute atomic E-state index is 0.623. The highest BCUT2D eigenvalue weighted by Gasteiger charge is 2.06. The van der Waals surface area contributed by atoms with Gasteiger partial charge in [0.15, 0.2) is 0 Å². The van der Waals surface area contributed by atoms with Gasteiger partial charge in [-0.15, -0.1) is 0 Å². The Morgan fingerprint density at radius 3 is 3.08 bits per heavy atom. The summed E-state index contributed by atoms with van der Waals surface area (Å²) in [5, 5.41) is 9.67. The van der Waals surface area contributed by atoms with Gasteiger partial charge in [-0.2, -0.15) is 0 Å². The van der Waals surface area contributed by atoms with E-state index in [-0.39, 0.29) is 0 Å². The molecule has 0 radical (unpaired) electrons. The van der Waals surface area contributed by atoms with E-state index < -0.39 is 6.09 Å². The topological polar surface area (TPSA) is 55.1 Å². The van der Waals surface area contributed by atoms with Crippen LogP contribution in [0.2, 0.25) is 0 Å². The molecule has 2 rings (SSSR count). The van der Waals surface area contributed by atoms with E-state index in [0.717, 1.165) is 15.6 Å². The van der Waals surface area contributed by atoms with E-state index in [2.05, 4.69) is 4.98 Å². The van der Waals surface area contributed by atoms with Gasteiger partial charge in [0, 0.05) is 17.3 Å². The van der Waals surface area contributed by atoms with Gasteiger partial charge < -0.3 is 5.11 Å². The van der Waals surface area contributed by atoms with Gasteiger partial charge in [-0.05, 0) is 19.1 Å². The van der Waals surface area contributed by atoms with Gasteiger partial charge in [0.25, 0.3) is 0 Å². The maximum Gasteiger partial charge on any atom is 0.416 e. The molecule has 13 heavy (non-hydrogen) atoms. The maximum absolute atomic E-state index is 10.7. The third-order valence-electron chi connectivity index (χ3n) is 1.92. The first kappa shape index (κ1) is 7.79. The van der Waals surface area contributed by atoms with Gasteiger partial charge in [-0.25, -0.2) is 4.79 Å². The molecule has 0 saturated heterocycles. The summed E-state index contributed by atoms with van der Waals surface area (Å²) in [6, 6.07) is 3.62. The standard InChI is InChI=1S/C9H8N2O2/c1-6-4-7-2-3-11(9(12)13)8(7)5-10-6/h2-5H,1H3,(H,12,13). The number of fused-ring (bicyclic) bond motifs is 1. The molecule has 0 amide bonds. The number of nitrogens with zero attached hydrogens (tertiary/aromatic N) is 2. The second kappa shape index (κ2) is 2.58. The summed E-state index contributed by atoms with van der Waals surface area (Å²) in [6.07, 6.45) is 2.10. The van der Waals surface area contributed by atoms with Gasteiger partial charge in [0.1, 0.15) is 0 Å². The number of hydrogen-bond donors (Lipinski definition) is 1. The third-order valence-corrected chi connectivity index (χ3v) is 1.92. The van der Waals surface area contributed by atoms with E-state index in [4.69, 9.17) is 5.11 Å². The van der Waals surface area contributed by atoms with Crippen LogP contribution >= 0.6 is 0 Å². The second-order valence-corrected chi connectivity index (χ2v) is 2.85. The van der Waals surface area contributed by atoms with Crippen molar-refractivity contribution in [2.24, 2.45) is 0 Å². The number of pyridine rings is 1. The van der Waals surface area contributed by atoms with Crippen LogP contribution in [0.25, 0.3) is 10.9 Å². The first-order valence-electron chi connectivity index (χ1n) is 3.85. The van der Waals surface area contributed by atoms with Crippen LogP contribution < -0.4 is 0 Å². The molecular weight excluding hydrogens is 168 g/mol. The molecule has 2 heterocycles. The minimum Gasteiger partial charge on any atom is -0.464 e. The Hall–Kier alpha value is -1.84. The lowest BCUT2D eigenvalue weighted by Gasteiger charge is -1.97. The van der Waals surface area contributed by atoms with Crippen molar-refractivity contribution in [1.82, 2.24) is 9.55 Å². The van der Waals surface area contributed by atoms with Crippen molar-refractivity contribution in [3.63, 3.8) is 0 Å². The highest BCUT2D eigenvalue weighted by molar-refractivity contribution is 5.88. The van der Waals surface area contributed by atoms with Crippen molar-refractivity contribution >= 4 is 17.0 Å². The molecule has 0 spiro atoms. The zero-order chi connectivity index (χ0) is 9.42. The van der Waals surface area contributed by atoms with Crippen molar-refractivity contribution in [1.29, 1.82) is 0 Å². The predicted molar refractivity (Wildman–Crippen MR) is 47.9 cm³/mol. The summed E-state index contributed by atoms with van der Waals surface area (Å²) in [5.41, 5.74) is 1.51. The molecule has 0 atom stereocenters. The van der Waals surface area contributed by atoms with Gasteiger partial charge in [-0.3, -0.25) is 9.55 Å². The smallest absolute Gasteiger partial charge is 0.416 e. The fraction of sp³-hybridized carbons (Fsp3) is 0.111. The number of rotatable bonds is 0. The van der Waals surface area contributed by atoms with Crippen LogP contribution in [-0.4, -0.2) is 20.8 Å². The molecule has 0 saturated carbocycles. The van der Waals surface area contributed by atoms with Crippen LogP contribution in [0.15, 0.2) is 24.5 Å². The Balaban J connectivity index is 2.76. The summed E-state index contributed by atoms with van der Waals surface area (Å²) in [4.78, 5) is 14.7. The number of aromatic nitrogens is 2. The van der Waals surface area contributed by atoms with Crippen LogP contribution in [0.5, 0.6) is 0 Å². The molecule has 2 aromatic rings. The average Bonchev–Trinajstić information content (AvgIpc) is 2.46. The Morgan fingerprint density at radius 2 is 2.38 bits per heavy atom. The van der Waals surface area contributed by atoms with E-state index in [1.165, 1.54) is 6.20 Å². The molecule has 0 unspecified atom stereocenters. The van der Waals surface area contributed by atoms with Crippen molar-refractivity contribution in [2.75, 3.05) is 0 Å². The molecule has 0 aliphatic carbocycles. The van der Waals surface area contributed by atoms with Crippen molar-refractivity contribution in [3.05, 3.63) is 30.2 Å². The summed E-state index contributed by atoms with van der Waals surface area (Å²) in [5.74, 6) is 0. The van der Waals surface area contributed by atoms with Crippen LogP contribution in [0.3, 0.4) is 0 Å². The molecular formula is C9H8N2O2. The van der Waals surface area contributed by atoms with Gasteiger partial charge in [0.2, 0.25) is 0 Å². The van der Waals surface area contributed by atoms with E-state index in [9.17, 15) is 4.79 Å². The zero-order valence-corrected chi connectivity index (χ0v) is 7.06. The van der Waals surface area contributed by atoms with Crippen LogP contribution in [0, 0.1) is 6.92 Å². The van der Waals surface area contributed by atoms with Gasteiger partial charge in [0.05, 0.1) is 11.7 Å². The fourth-order valence-electron chi connectivity index (χ4n) is 1.31. The van der Waals surface area contributed by atoms with Gasteiger partial charge >= 0.3 is 6.09 Å². The molecule has 4 nitrogen and oxygen atoms in total. The molecule has 0 aliphatic rings. The van der Waals surface area contributed by atoms with Crippen molar-refractivity contribution < 1.29 is 9.90 Å². The summed E-state index contributed by atoms with van der Waals surface area (Å²) in [7, 11) is 0.